The minimum atomic E-state index is -2.67. The Morgan fingerprint density at radius 1 is 1.47 bits per heavy atom. The summed E-state index contributed by atoms with van der Waals surface area (Å²) in [5.41, 5.74) is 5.76. The van der Waals surface area contributed by atoms with E-state index in [-0.39, 0.29) is 37.3 Å². The summed E-state index contributed by atoms with van der Waals surface area (Å²) in [5, 5.41) is 12.2. The van der Waals surface area contributed by atoms with E-state index in [4.69, 9.17) is 19.5 Å². The molecule has 11 nitrogen and oxygen atoms in total. The van der Waals surface area contributed by atoms with Crippen molar-refractivity contribution < 1.29 is 28.3 Å². The molecule has 3 rings (SSSR count). The van der Waals surface area contributed by atoms with Crippen molar-refractivity contribution in [2.24, 2.45) is 5.41 Å². The highest BCUT2D eigenvalue weighted by Gasteiger charge is 2.35. The number of carbonyl (C=O) groups is 1. The van der Waals surface area contributed by atoms with Crippen molar-refractivity contribution in [2.75, 3.05) is 48.2 Å². The van der Waals surface area contributed by atoms with Gasteiger partial charge in [0.2, 0.25) is 0 Å². The Kier molecular flexibility index (Phi) is 7.94. The number of ether oxygens (including phenoxy) is 1. The number of aliphatic hydroxyl groups excluding tert-OH is 1. The maximum Gasteiger partial charge on any atom is 0.319 e. The van der Waals surface area contributed by atoms with E-state index in [1.165, 1.54) is 6.33 Å². The number of nitrogen functional groups attached to an aromatic ring is 1. The van der Waals surface area contributed by atoms with Crippen LogP contribution < -0.4 is 16.0 Å². The number of nitrogens with zero attached hydrogens (tertiary/aromatic N) is 3. The monoisotopic (exact) mass is 461 g/mol. The molecule has 1 saturated heterocycles. The molecule has 0 aromatic carbocycles. The smallest absolute Gasteiger partial charge is 0.319 e. The average molecular weight is 461 g/mol. The third kappa shape index (κ3) is 5.63. The van der Waals surface area contributed by atoms with Gasteiger partial charge < -0.3 is 34.8 Å². The molecular weight excluding hydrogens is 433 g/mol. The zero-order chi connectivity index (χ0) is 21.7. The van der Waals surface area contributed by atoms with Crippen molar-refractivity contribution in [1.82, 2.24) is 9.97 Å². The molecule has 0 bridgehead atoms. The Labute approximate surface area is 180 Å². The summed E-state index contributed by atoms with van der Waals surface area (Å²) in [6, 6.07) is 0. The van der Waals surface area contributed by atoms with Crippen molar-refractivity contribution in [3.05, 3.63) is 6.33 Å². The predicted octanol–water partition coefficient (Wildman–Crippen LogP) is 1.45. The second kappa shape index (κ2) is 10.3. The third-order valence-corrected chi connectivity index (χ3v) is 6.89. The number of fused-ring (bicyclic) bond motifs is 1. The maximum atomic E-state index is 11.9. The molecule has 13 heteroatoms. The highest BCUT2D eigenvalue weighted by atomic mass is 32.2. The van der Waals surface area contributed by atoms with Crippen molar-refractivity contribution in [3.8, 4) is 0 Å². The van der Waals surface area contributed by atoms with Gasteiger partial charge in [0.1, 0.15) is 18.2 Å². The van der Waals surface area contributed by atoms with Gasteiger partial charge in [0, 0.05) is 5.75 Å². The molecule has 0 aliphatic carbocycles. The van der Waals surface area contributed by atoms with Gasteiger partial charge in [-0.3, -0.25) is 9.36 Å². The fraction of sp³-hybridized carbons (Fsp3) is 0.706. The summed E-state index contributed by atoms with van der Waals surface area (Å²) in [6.45, 7) is 3.94. The molecule has 0 amide bonds. The first-order valence-corrected chi connectivity index (χ1v) is 11.9. The molecule has 0 spiro atoms. The van der Waals surface area contributed by atoms with Gasteiger partial charge >= 0.3 is 8.25 Å². The van der Waals surface area contributed by atoms with E-state index in [2.05, 4.69) is 15.3 Å². The maximum absolute atomic E-state index is 11.9. The van der Waals surface area contributed by atoms with E-state index >= 15 is 0 Å². The number of hydrogen-bond donors (Lipinski definition) is 3. The van der Waals surface area contributed by atoms with Crippen LogP contribution in [0.1, 0.15) is 26.7 Å². The Morgan fingerprint density at radius 3 is 3.03 bits per heavy atom. The quantitative estimate of drug-likeness (QED) is 0.342. The Hall–Kier alpha value is -1.43. The largest absolute Gasteiger partial charge is 0.395 e. The van der Waals surface area contributed by atoms with Crippen LogP contribution in [0.3, 0.4) is 0 Å². The molecule has 2 aliphatic heterocycles. The molecule has 30 heavy (non-hydrogen) atoms. The van der Waals surface area contributed by atoms with Crippen molar-refractivity contribution >= 4 is 42.5 Å². The standard InChI is InChI=1S/C17H28N5O6PS/c1-17(2,8-23)16(24)30-6-5-26-29(25)27-7-11-3-4-12(28-11)22-10-21-13-14(18)19-9-20-15(13)22/h9,11-12,21,23,29H,3-8,10H2,1-2H3,(H2,18,19,20)/t11?,12-/m1/s1. The second-order valence-corrected chi connectivity index (χ2v) is 9.78. The average Bonchev–Trinajstić information content (AvgIpc) is 3.36. The normalized spacial score (nSPS) is 22.0. The number of nitrogens with one attached hydrogen (secondary N) is 1. The number of rotatable bonds is 10. The van der Waals surface area contributed by atoms with E-state index in [1.54, 1.807) is 13.8 Å². The molecule has 0 saturated carbocycles. The van der Waals surface area contributed by atoms with E-state index in [0.29, 0.717) is 29.7 Å². The summed E-state index contributed by atoms with van der Waals surface area (Å²) < 4.78 is 28.4. The van der Waals surface area contributed by atoms with Gasteiger partial charge in [-0.25, -0.2) is 9.97 Å². The lowest BCUT2D eigenvalue weighted by molar-refractivity contribution is -0.119. The molecule has 3 heterocycles. The number of nitrogens with two attached hydrogens (primary N) is 1. The van der Waals surface area contributed by atoms with E-state index in [9.17, 15) is 14.5 Å². The summed E-state index contributed by atoms with van der Waals surface area (Å²) >= 11 is 1.05. The minimum absolute atomic E-state index is 0.126. The lowest BCUT2D eigenvalue weighted by atomic mass is 9.97. The van der Waals surface area contributed by atoms with Crippen LogP contribution in [-0.2, 0) is 23.1 Å². The first kappa shape index (κ1) is 23.2. The van der Waals surface area contributed by atoms with Crippen molar-refractivity contribution in [1.29, 1.82) is 0 Å². The van der Waals surface area contributed by atoms with Crippen LogP contribution in [0.4, 0.5) is 17.3 Å². The lowest BCUT2D eigenvalue weighted by Crippen LogP contribution is -2.36. The summed E-state index contributed by atoms with van der Waals surface area (Å²) in [4.78, 5) is 22.1. The number of carbonyl (C=O) groups excluding carboxylic acids is 1. The topological polar surface area (TPSA) is 149 Å². The zero-order valence-corrected chi connectivity index (χ0v) is 18.8. The first-order valence-electron chi connectivity index (χ1n) is 9.66. The Balaban J connectivity index is 1.34. The van der Waals surface area contributed by atoms with Crippen LogP contribution in [0.5, 0.6) is 0 Å². The van der Waals surface area contributed by atoms with Gasteiger partial charge in [-0.15, -0.1) is 0 Å². The Bertz CT molecular complexity index is 785. The Morgan fingerprint density at radius 2 is 2.27 bits per heavy atom. The molecule has 2 aliphatic rings. The van der Waals surface area contributed by atoms with Crippen LogP contribution in [0.25, 0.3) is 0 Å². The molecule has 4 N–H and O–H groups in total. The second-order valence-electron chi connectivity index (χ2n) is 7.64. The number of hydrogen-bond acceptors (Lipinski definition) is 12. The number of aromatic nitrogens is 2. The SMILES string of the molecule is CC(C)(CO)C(=O)SCCO[PH](=O)OCC1CC[C@H](N2CNc3c(N)ncnc32)O1. The van der Waals surface area contributed by atoms with E-state index in [0.717, 1.165) is 24.6 Å². The van der Waals surface area contributed by atoms with Crippen molar-refractivity contribution in [2.45, 2.75) is 39.0 Å². The molecule has 168 valence electrons. The molecule has 1 aromatic rings. The number of thioether (sulfide) groups is 1. The lowest BCUT2D eigenvalue weighted by Gasteiger charge is -2.24. The summed E-state index contributed by atoms with van der Waals surface area (Å²) in [7, 11) is -2.67. The van der Waals surface area contributed by atoms with Gasteiger partial charge in [0.05, 0.1) is 38.0 Å². The zero-order valence-electron chi connectivity index (χ0n) is 17.0. The van der Waals surface area contributed by atoms with E-state index in [1.807, 2.05) is 4.90 Å². The fourth-order valence-corrected chi connectivity index (χ4v) is 4.64. The van der Waals surface area contributed by atoms with Gasteiger partial charge in [-0.1, -0.05) is 11.8 Å². The fourth-order valence-electron chi connectivity index (χ4n) is 3.01. The first-order chi connectivity index (χ1) is 14.3. The highest BCUT2D eigenvalue weighted by Crippen LogP contribution is 2.37. The molecule has 3 atom stereocenters. The molecular formula is C17H28N5O6PS. The van der Waals surface area contributed by atoms with Crippen LogP contribution in [0.15, 0.2) is 6.33 Å². The van der Waals surface area contributed by atoms with Crippen LogP contribution in [0.2, 0.25) is 0 Å². The number of anilines is 3. The van der Waals surface area contributed by atoms with Crippen LogP contribution in [-0.4, -0.2) is 64.8 Å². The predicted molar refractivity (Wildman–Crippen MR) is 115 cm³/mol. The third-order valence-electron chi connectivity index (χ3n) is 4.86. The number of aliphatic hydroxyl groups is 1. The highest BCUT2D eigenvalue weighted by molar-refractivity contribution is 8.13. The van der Waals surface area contributed by atoms with Gasteiger partial charge in [-0.2, -0.15) is 0 Å². The molecule has 0 radical (unpaired) electrons. The van der Waals surface area contributed by atoms with Gasteiger partial charge in [0.15, 0.2) is 16.8 Å². The summed E-state index contributed by atoms with van der Waals surface area (Å²) in [6.07, 6.45) is 2.58. The molecule has 1 fully saturated rings. The molecule has 2 unspecified atom stereocenters. The van der Waals surface area contributed by atoms with Crippen molar-refractivity contribution in [3.63, 3.8) is 0 Å². The van der Waals surface area contributed by atoms with Crippen LogP contribution >= 0.6 is 20.0 Å². The van der Waals surface area contributed by atoms with Gasteiger partial charge in [0.25, 0.3) is 0 Å². The summed E-state index contributed by atoms with van der Waals surface area (Å²) in [5.74, 6) is 1.45. The van der Waals surface area contributed by atoms with E-state index < -0.39 is 13.7 Å². The van der Waals surface area contributed by atoms with Crippen LogP contribution in [0, 0.1) is 5.41 Å². The minimum Gasteiger partial charge on any atom is -0.395 e. The molecule has 1 aromatic heterocycles. The van der Waals surface area contributed by atoms with Gasteiger partial charge in [-0.05, 0) is 26.7 Å².